The van der Waals surface area contributed by atoms with Gasteiger partial charge in [0.15, 0.2) is 8.29 Å². The Kier molecular flexibility index (Phi) is 6.46. The summed E-state index contributed by atoms with van der Waals surface area (Å²) in [6, 6.07) is 12.0. The molecule has 0 atom stereocenters. The van der Waals surface area contributed by atoms with Crippen LogP contribution in [0.3, 0.4) is 0 Å². The monoisotopic (exact) mass is 404 g/mol. The maximum Gasteiger partial charge on any atom is 0.231 e. The Morgan fingerprint density at radius 3 is 2.65 bits per heavy atom. The minimum absolute atomic E-state index is 0.120. The smallest absolute Gasteiger partial charge is 0.231 e. The summed E-state index contributed by atoms with van der Waals surface area (Å²) >= 11 is 8.13. The van der Waals surface area contributed by atoms with E-state index in [4.69, 9.17) is 12.2 Å². The largest absolute Gasteiger partial charge is 0.337 e. The minimum atomic E-state index is -0.704. The summed E-state index contributed by atoms with van der Waals surface area (Å²) in [7, 11) is 0. The van der Waals surface area contributed by atoms with Gasteiger partial charge in [0.05, 0.1) is 17.5 Å². The van der Waals surface area contributed by atoms with Gasteiger partial charge in [-0.25, -0.2) is 4.68 Å². The lowest BCUT2D eigenvalue weighted by Gasteiger charge is -2.26. The highest BCUT2D eigenvalue weighted by molar-refractivity contribution is 8.01. The third kappa shape index (κ3) is 4.72. The van der Waals surface area contributed by atoms with Crippen molar-refractivity contribution in [2.75, 3.05) is 5.75 Å². The number of nitrogens with one attached hydrogen (secondary N) is 1. The van der Waals surface area contributed by atoms with Gasteiger partial charge >= 0.3 is 0 Å². The molecule has 0 bridgehead atoms. The van der Waals surface area contributed by atoms with Crippen LogP contribution in [0.4, 0.5) is 0 Å². The SMILES string of the molecule is N#CC1(NC(=O)CSc2nn(-c3ccccc3)c(=S)s2)CCCCCC1. The van der Waals surface area contributed by atoms with Crippen molar-refractivity contribution in [1.29, 1.82) is 5.26 Å². The molecule has 1 fully saturated rings. The first kappa shape index (κ1) is 19.1. The Labute approximate surface area is 166 Å². The van der Waals surface area contributed by atoms with Gasteiger partial charge in [-0.05, 0) is 37.2 Å². The molecule has 136 valence electrons. The molecular weight excluding hydrogens is 384 g/mol. The van der Waals surface area contributed by atoms with Gasteiger partial charge < -0.3 is 5.32 Å². The molecule has 1 heterocycles. The van der Waals surface area contributed by atoms with Gasteiger partial charge in [-0.2, -0.15) is 5.26 Å². The summed E-state index contributed by atoms with van der Waals surface area (Å²) in [6.45, 7) is 0. The van der Waals surface area contributed by atoms with Crippen LogP contribution in [0.1, 0.15) is 38.5 Å². The fourth-order valence-corrected chi connectivity index (χ4v) is 5.24. The van der Waals surface area contributed by atoms with Crippen molar-refractivity contribution in [3.8, 4) is 11.8 Å². The molecule has 1 N–H and O–H groups in total. The van der Waals surface area contributed by atoms with Crippen molar-refractivity contribution in [3.05, 3.63) is 34.3 Å². The van der Waals surface area contributed by atoms with Gasteiger partial charge in [-0.3, -0.25) is 4.79 Å². The Morgan fingerprint density at radius 2 is 2.00 bits per heavy atom. The fourth-order valence-electron chi connectivity index (χ4n) is 3.08. The van der Waals surface area contributed by atoms with Gasteiger partial charge in [-0.1, -0.05) is 67.0 Å². The highest BCUT2D eigenvalue weighted by Gasteiger charge is 2.32. The lowest BCUT2D eigenvalue weighted by molar-refractivity contribution is -0.120. The van der Waals surface area contributed by atoms with Crippen molar-refractivity contribution in [2.24, 2.45) is 0 Å². The highest BCUT2D eigenvalue weighted by Crippen LogP contribution is 2.28. The Hall–Kier alpha value is -1.69. The highest BCUT2D eigenvalue weighted by atomic mass is 32.2. The van der Waals surface area contributed by atoms with E-state index in [0.717, 1.165) is 48.6 Å². The third-order valence-corrected chi connectivity index (χ3v) is 6.77. The zero-order chi connectivity index (χ0) is 18.4. The first-order valence-corrected chi connectivity index (χ1v) is 10.8. The number of nitrogens with zero attached hydrogens (tertiary/aromatic N) is 3. The normalized spacial score (nSPS) is 16.4. The van der Waals surface area contributed by atoms with Crippen LogP contribution in [0.5, 0.6) is 0 Å². The van der Waals surface area contributed by atoms with E-state index in [1.165, 1.54) is 23.1 Å². The number of benzene rings is 1. The molecule has 8 heteroatoms. The zero-order valence-corrected chi connectivity index (χ0v) is 16.8. The van der Waals surface area contributed by atoms with Gasteiger partial charge in [0, 0.05) is 0 Å². The number of rotatable bonds is 5. The van der Waals surface area contributed by atoms with Crippen LogP contribution in [-0.2, 0) is 4.79 Å². The second kappa shape index (κ2) is 8.80. The summed E-state index contributed by atoms with van der Waals surface area (Å²) < 4.78 is 3.11. The molecule has 3 rings (SSSR count). The second-order valence-electron chi connectivity index (χ2n) is 6.33. The second-order valence-corrected chi connectivity index (χ2v) is 9.17. The first-order chi connectivity index (χ1) is 12.6. The Morgan fingerprint density at radius 1 is 1.31 bits per heavy atom. The van der Waals surface area contributed by atoms with Crippen LogP contribution in [0.15, 0.2) is 34.7 Å². The van der Waals surface area contributed by atoms with Gasteiger partial charge in [0.25, 0.3) is 0 Å². The van der Waals surface area contributed by atoms with Crippen molar-refractivity contribution in [1.82, 2.24) is 15.1 Å². The molecule has 26 heavy (non-hydrogen) atoms. The van der Waals surface area contributed by atoms with E-state index in [2.05, 4.69) is 16.5 Å². The molecule has 1 aromatic carbocycles. The minimum Gasteiger partial charge on any atom is -0.337 e. The van der Waals surface area contributed by atoms with Crippen LogP contribution in [0.25, 0.3) is 5.69 Å². The number of hydrogen-bond donors (Lipinski definition) is 1. The molecule has 0 saturated heterocycles. The van der Waals surface area contributed by atoms with E-state index in [9.17, 15) is 10.1 Å². The maximum atomic E-state index is 12.4. The van der Waals surface area contributed by atoms with Gasteiger partial charge in [0.1, 0.15) is 5.54 Å². The van der Waals surface area contributed by atoms with Crippen molar-refractivity contribution < 1.29 is 4.79 Å². The first-order valence-electron chi connectivity index (χ1n) is 8.63. The van der Waals surface area contributed by atoms with Gasteiger partial charge in [0.2, 0.25) is 5.91 Å². The molecule has 0 unspecified atom stereocenters. The quantitative estimate of drug-likeness (QED) is 0.452. The van der Waals surface area contributed by atoms with E-state index in [0.29, 0.717) is 3.95 Å². The van der Waals surface area contributed by atoms with E-state index < -0.39 is 5.54 Å². The molecule has 1 aromatic heterocycles. The summed E-state index contributed by atoms with van der Waals surface area (Å²) in [5.41, 5.74) is 0.205. The molecule has 5 nitrogen and oxygen atoms in total. The number of amides is 1. The molecular formula is C18H20N4OS3. The van der Waals surface area contributed by atoms with Crippen LogP contribution in [0, 0.1) is 15.3 Å². The maximum absolute atomic E-state index is 12.4. The predicted octanol–water partition coefficient (Wildman–Crippen LogP) is 4.49. The molecule has 2 aromatic rings. The number of hydrogen-bond acceptors (Lipinski definition) is 6. The fraction of sp³-hybridized carbons (Fsp3) is 0.444. The van der Waals surface area contributed by atoms with Crippen molar-refractivity contribution >= 4 is 41.2 Å². The average molecular weight is 405 g/mol. The topological polar surface area (TPSA) is 70.7 Å². The molecule has 1 aliphatic carbocycles. The predicted molar refractivity (Wildman–Crippen MR) is 107 cm³/mol. The molecule has 0 aliphatic heterocycles. The summed E-state index contributed by atoms with van der Waals surface area (Å²) in [4.78, 5) is 12.4. The lowest BCUT2D eigenvalue weighted by Crippen LogP contribution is -2.47. The van der Waals surface area contributed by atoms with Crippen LogP contribution in [-0.4, -0.2) is 27.0 Å². The third-order valence-electron chi connectivity index (χ3n) is 4.41. The van der Waals surface area contributed by atoms with E-state index >= 15 is 0 Å². The van der Waals surface area contributed by atoms with Crippen LogP contribution >= 0.6 is 35.3 Å². The molecule has 1 saturated carbocycles. The number of carbonyl (C=O) groups excluding carboxylic acids is 1. The van der Waals surface area contributed by atoms with Crippen LogP contribution < -0.4 is 5.32 Å². The standard InChI is InChI=1S/C18H20N4OS3/c19-13-18(10-6-1-2-7-11-18)20-15(23)12-25-16-21-22(17(24)26-16)14-8-4-3-5-9-14/h3-5,8-9H,1-2,6-7,10-12H2,(H,20,23). The molecule has 0 spiro atoms. The zero-order valence-electron chi connectivity index (χ0n) is 14.3. The van der Waals surface area contributed by atoms with E-state index in [1.54, 1.807) is 4.68 Å². The van der Waals surface area contributed by atoms with E-state index in [1.807, 2.05) is 30.3 Å². The summed E-state index contributed by atoms with van der Waals surface area (Å²) in [5, 5.41) is 17.0. The van der Waals surface area contributed by atoms with Crippen molar-refractivity contribution in [2.45, 2.75) is 48.4 Å². The van der Waals surface area contributed by atoms with Crippen LogP contribution in [0.2, 0.25) is 0 Å². The number of aromatic nitrogens is 2. The molecule has 1 amide bonds. The molecule has 1 aliphatic rings. The Balaban J connectivity index is 1.61. The number of nitriles is 1. The van der Waals surface area contributed by atoms with Gasteiger partial charge in [-0.15, -0.1) is 5.10 Å². The summed E-state index contributed by atoms with van der Waals surface area (Å²) in [6.07, 6.45) is 5.72. The average Bonchev–Trinajstić information content (AvgIpc) is 2.87. The lowest BCUT2D eigenvalue weighted by atomic mass is 9.92. The number of thioether (sulfide) groups is 1. The van der Waals surface area contributed by atoms with Crippen molar-refractivity contribution in [3.63, 3.8) is 0 Å². The molecule has 0 radical (unpaired) electrons. The number of carbonyl (C=O) groups is 1. The summed E-state index contributed by atoms with van der Waals surface area (Å²) in [5.74, 6) is 0.117. The number of para-hydroxylation sites is 1. The Bertz CT molecular complexity index is 845. The van der Waals surface area contributed by atoms with E-state index in [-0.39, 0.29) is 11.7 Å².